The SMILES string of the molecule is BrC1=NN2C=CC=C(c3ccc(-c4cccc5c4CCC=C5)cc3)C2N1. The van der Waals surface area contributed by atoms with Gasteiger partial charge in [0.25, 0.3) is 0 Å². The predicted molar refractivity (Wildman–Crippen MR) is 111 cm³/mol. The maximum absolute atomic E-state index is 4.42. The van der Waals surface area contributed by atoms with Gasteiger partial charge in [0.2, 0.25) is 0 Å². The van der Waals surface area contributed by atoms with Crippen molar-refractivity contribution < 1.29 is 0 Å². The largest absolute Gasteiger partial charge is 0.337 e. The van der Waals surface area contributed by atoms with E-state index in [0.717, 1.165) is 17.6 Å². The molecular formula is C22H18BrN3. The fourth-order valence-electron chi connectivity index (χ4n) is 3.88. The van der Waals surface area contributed by atoms with E-state index in [4.69, 9.17) is 0 Å². The lowest BCUT2D eigenvalue weighted by molar-refractivity contribution is 0.359. The Morgan fingerprint density at radius 1 is 1.08 bits per heavy atom. The van der Waals surface area contributed by atoms with Gasteiger partial charge in [0, 0.05) is 11.8 Å². The average molecular weight is 404 g/mol. The second kappa shape index (κ2) is 6.29. The predicted octanol–water partition coefficient (Wildman–Crippen LogP) is 5.12. The zero-order valence-electron chi connectivity index (χ0n) is 14.2. The molecule has 2 heterocycles. The molecule has 3 aliphatic rings. The minimum Gasteiger partial charge on any atom is -0.337 e. The van der Waals surface area contributed by atoms with Gasteiger partial charge in [-0.1, -0.05) is 60.7 Å². The number of amidine groups is 1. The molecule has 0 saturated carbocycles. The van der Waals surface area contributed by atoms with Gasteiger partial charge in [0.05, 0.1) is 0 Å². The number of halogens is 1. The maximum atomic E-state index is 4.42. The Balaban J connectivity index is 1.48. The smallest absolute Gasteiger partial charge is 0.191 e. The van der Waals surface area contributed by atoms with Crippen molar-refractivity contribution in [1.82, 2.24) is 10.3 Å². The topological polar surface area (TPSA) is 27.6 Å². The molecule has 0 saturated heterocycles. The van der Waals surface area contributed by atoms with Crippen molar-refractivity contribution in [2.75, 3.05) is 0 Å². The Bertz CT molecular complexity index is 983. The highest BCUT2D eigenvalue weighted by atomic mass is 79.9. The summed E-state index contributed by atoms with van der Waals surface area (Å²) in [5.41, 5.74) is 7.87. The van der Waals surface area contributed by atoms with Crippen LogP contribution in [-0.2, 0) is 6.42 Å². The third-order valence-corrected chi connectivity index (χ3v) is 5.52. The fraction of sp³-hybridized carbons (Fsp3) is 0.136. The highest BCUT2D eigenvalue weighted by Gasteiger charge is 2.28. The van der Waals surface area contributed by atoms with Crippen LogP contribution in [0.4, 0.5) is 0 Å². The van der Waals surface area contributed by atoms with Crippen molar-refractivity contribution in [3.05, 3.63) is 83.6 Å². The van der Waals surface area contributed by atoms with Gasteiger partial charge in [-0.3, -0.25) is 0 Å². The van der Waals surface area contributed by atoms with Crippen LogP contribution in [0.3, 0.4) is 0 Å². The van der Waals surface area contributed by atoms with E-state index in [0.29, 0.717) is 0 Å². The highest BCUT2D eigenvalue weighted by molar-refractivity contribution is 9.18. The van der Waals surface area contributed by atoms with E-state index in [1.165, 1.54) is 33.4 Å². The van der Waals surface area contributed by atoms with Crippen LogP contribution in [0, 0.1) is 0 Å². The van der Waals surface area contributed by atoms with Crippen LogP contribution in [0.5, 0.6) is 0 Å². The van der Waals surface area contributed by atoms with Gasteiger partial charge >= 0.3 is 0 Å². The van der Waals surface area contributed by atoms with E-state index in [2.05, 4.69) is 87.0 Å². The fourth-order valence-corrected chi connectivity index (χ4v) is 4.28. The van der Waals surface area contributed by atoms with Crippen LogP contribution in [-0.4, -0.2) is 15.9 Å². The molecule has 2 aromatic rings. The first kappa shape index (κ1) is 15.6. The van der Waals surface area contributed by atoms with E-state index < -0.39 is 0 Å². The molecule has 0 amide bonds. The lowest BCUT2D eigenvalue weighted by Crippen LogP contribution is -2.36. The summed E-state index contributed by atoms with van der Waals surface area (Å²) >= 11 is 3.44. The van der Waals surface area contributed by atoms with E-state index >= 15 is 0 Å². The summed E-state index contributed by atoms with van der Waals surface area (Å²) in [5, 5.41) is 9.72. The molecule has 26 heavy (non-hydrogen) atoms. The number of allylic oxidation sites excluding steroid dienone is 3. The molecule has 5 rings (SSSR count). The normalized spacial score (nSPS) is 20.2. The molecule has 3 nitrogen and oxygen atoms in total. The molecule has 2 aliphatic heterocycles. The summed E-state index contributed by atoms with van der Waals surface area (Å²) in [7, 11) is 0. The van der Waals surface area contributed by atoms with Gasteiger partial charge < -0.3 is 5.32 Å². The van der Waals surface area contributed by atoms with Crippen LogP contribution in [0.15, 0.2) is 72.0 Å². The molecule has 4 heteroatoms. The van der Waals surface area contributed by atoms with Crippen LogP contribution in [0.1, 0.15) is 23.1 Å². The number of hydrogen-bond donors (Lipinski definition) is 1. The van der Waals surface area contributed by atoms with Crippen LogP contribution >= 0.6 is 15.9 Å². The third kappa shape index (κ3) is 2.61. The summed E-state index contributed by atoms with van der Waals surface area (Å²) in [6.07, 6.45) is 13.0. The summed E-state index contributed by atoms with van der Waals surface area (Å²) in [6.45, 7) is 0. The zero-order chi connectivity index (χ0) is 17.5. The quantitative estimate of drug-likeness (QED) is 0.704. The van der Waals surface area contributed by atoms with Gasteiger partial charge in [-0.15, -0.1) is 5.10 Å². The van der Waals surface area contributed by atoms with Gasteiger partial charge in [0.15, 0.2) is 4.74 Å². The Kier molecular flexibility index (Phi) is 3.79. The number of hydrogen-bond acceptors (Lipinski definition) is 3. The molecular weight excluding hydrogens is 386 g/mol. The van der Waals surface area contributed by atoms with E-state index in [1.54, 1.807) is 0 Å². The molecule has 128 valence electrons. The molecule has 0 bridgehead atoms. The second-order valence-electron chi connectivity index (χ2n) is 6.67. The molecule has 0 fully saturated rings. The lowest BCUT2D eigenvalue weighted by Gasteiger charge is -2.25. The van der Waals surface area contributed by atoms with Crippen LogP contribution in [0.2, 0.25) is 0 Å². The number of nitrogens with zero attached hydrogens (tertiary/aromatic N) is 2. The maximum Gasteiger partial charge on any atom is 0.191 e. The third-order valence-electron chi connectivity index (χ3n) is 5.13. The average Bonchev–Trinajstić information content (AvgIpc) is 3.08. The highest BCUT2D eigenvalue weighted by Crippen LogP contribution is 2.33. The second-order valence-corrected chi connectivity index (χ2v) is 7.42. The molecule has 2 aromatic carbocycles. The molecule has 0 radical (unpaired) electrons. The Labute approximate surface area is 161 Å². The first-order valence-corrected chi connectivity index (χ1v) is 9.65. The van der Waals surface area contributed by atoms with Gasteiger partial charge in [-0.25, -0.2) is 5.01 Å². The van der Waals surface area contributed by atoms with E-state index in [-0.39, 0.29) is 6.17 Å². The zero-order valence-corrected chi connectivity index (χ0v) is 15.8. The number of rotatable bonds is 2. The van der Waals surface area contributed by atoms with Gasteiger partial charge in [0.1, 0.15) is 6.17 Å². The van der Waals surface area contributed by atoms with E-state index in [1.807, 2.05) is 17.3 Å². The summed E-state index contributed by atoms with van der Waals surface area (Å²) in [6, 6.07) is 15.5. The van der Waals surface area contributed by atoms with Gasteiger partial charge in [-0.05, 0) is 62.7 Å². The minimum absolute atomic E-state index is 0.0508. The van der Waals surface area contributed by atoms with Gasteiger partial charge in [-0.2, -0.15) is 0 Å². The minimum atomic E-state index is 0.0508. The van der Waals surface area contributed by atoms with E-state index in [9.17, 15) is 0 Å². The number of nitrogens with one attached hydrogen (secondary N) is 1. The number of fused-ring (bicyclic) bond motifs is 2. The first-order valence-electron chi connectivity index (χ1n) is 8.86. The van der Waals surface area contributed by atoms with Crippen LogP contribution in [0.25, 0.3) is 22.8 Å². The molecule has 0 aromatic heterocycles. The van der Waals surface area contributed by atoms with Crippen molar-refractivity contribution in [3.63, 3.8) is 0 Å². The number of hydrazone groups is 1. The Morgan fingerprint density at radius 3 is 2.81 bits per heavy atom. The molecule has 1 aliphatic carbocycles. The molecule has 1 unspecified atom stereocenters. The standard InChI is InChI=1S/C22H18BrN3/c23-22-24-21-20(9-4-14-26(21)25-22)17-12-10-16(11-13-17)19-8-3-6-15-5-1-2-7-18(15)19/h1,3-6,8-14,21H,2,7H2,(H,24,25). The molecule has 0 spiro atoms. The number of benzene rings is 2. The lowest BCUT2D eigenvalue weighted by atomic mass is 9.88. The Morgan fingerprint density at radius 2 is 1.92 bits per heavy atom. The van der Waals surface area contributed by atoms with Crippen molar-refractivity contribution in [2.45, 2.75) is 19.0 Å². The van der Waals surface area contributed by atoms with Crippen molar-refractivity contribution in [1.29, 1.82) is 0 Å². The van der Waals surface area contributed by atoms with Crippen LogP contribution < -0.4 is 5.32 Å². The van der Waals surface area contributed by atoms with Crippen molar-refractivity contribution in [3.8, 4) is 11.1 Å². The monoisotopic (exact) mass is 403 g/mol. The molecule has 1 N–H and O–H groups in total. The Hall–Kier alpha value is -2.59. The van der Waals surface area contributed by atoms with Crippen molar-refractivity contribution >= 4 is 32.3 Å². The van der Waals surface area contributed by atoms with Crippen molar-refractivity contribution in [2.24, 2.45) is 5.10 Å². The first-order chi connectivity index (χ1) is 12.8. The molecule has 1 atom stereocenters. The summed E-state index contributed by atoms with van der Waals surface area (Å²) in [4.78, 5) is 0. The summed E-state index contributed by atoms with van der Waals surface area (Å²) in [5.74, 6) is 0. The summed E-state index contributed by atoms with van der Waals surface area (Å²) < 4.78 is 0.764.